The number of aliphatic hydroxyl groups is 1. The third-order valence-corrected chi connectivity index (χ3v) is 1.91. The molecule has 0 aromatic rings. The zero-order valence-corrected chi connectivity index (χ0v) is 8.83. The van der Waals surface area contributed by atoms with Crippen LogP contribution in [0.4, 0.5) is 0 Å². The highest BCUT2D eigenvalue weighted by Crippen LogP contribution is 2.00. The number of unbranched alkanes of at least 4 members (excludes halogenated alkanes) is 1. The van der Waals surface area contributed by atoms with Gasteiger partial charge in [0.05, 0.1) is 13.2 Å². The first-order valence-corrected chi connectivity index (χ1v) is 5.12. The molecule has 0 aromatic heterocycles. The minimum absolute atomic E-state index is 0.0225. The van der Waals surface area contributed by atoms with E-state index in [2.05, 4.69) is 18.7 Å². The van der Waals surface area contributed by atoms with Crippen LogP contribution in [0.1, 0.15) is 26.7 Å². The zero-order chi connectivity index (χ0) is 10.1. The van der Waals surface area contributed by atoms with Crippen molar-refractivity contribution in [2.75, 3.05) is 32.8 Å². The van der Waals surface area contributed by atoms with Gasteiger partial charge in [0.15, 0.2) is 0 Å². The van der Waals surface area contributed by atoms with Gasteiger partial charge in [-0.25, -0.2) is 5.11 Å². The van der Waals surface area contributed by atoms with Gasteiger partial charge in [0.25, 0.3) is 0 Å². The molecule has 3 nitrogen and oxygen atoms in total. The van der Waals surface area contributed by atoms with Gasteiger partial charge in [-0.2, -0.15) is 0 Å². The molecule has 0 spiro atoms. The number of nitrogens with zero attached hydrogens (tertiary/aromatic N) is 1. The van der Waals surface area contributed by atoms with Crippen molar-refractivity contribution >= 4 is 0 Å². The van der Waals surface area contributed by atoms with E-state index in [1.54, 1.807) is 0 Å². The molecule has 0 aliphatic heterocycles. The second-order valence-corrected chi connectivity index (χ2v) is 3.83. The Kier molecular flexibility index (Phi) is 8.40. The van der Waals surface area contributed by atoms with Crippen molar-refractivity contribution in [3.05, 3.63) is 0 Å². The maximum atomic E-state index is 10.2. The molecule has 13 heavy (non-hydrogen) atoms. The van der Waals surface area contributed by atoms with Crippen LogP contribution in [0.2, 0.25) is 0 Å². The Morgan fingerprint density at radius 3 is 2.38 bits per heavy atom. The third kappa shape index (κ3) is 8.22. The summed E-state index contributed by atoms with van der Waals surface area (Å²) in [6.45, 7) is 7.26. The van der Waals surface area contributed by atoms with E-state index in [9.17, 15) is 5.11 Å². The van der Waals surface area contributed by atoms with Crippen molar-refractivity contribution in [3.8, 4) is 0 Å². The fourth-order valence-corrected chi connectivity index (χ4v) is 1.39. The average molecular weight is 188 g/mol. The van der Waals surface area contributed by atoms with Gasteiger partial charge in [0, 0.05) is 13.1 Å². The lowest BCUT2D eigenvalue weighted by atomic mass is 10.2. The summed E-state index contributed by atoms with van der Waals surface area (Å²) in [5.74, 6) is 0.624. The lowest BCUT2D eigenvalue weighted by Crippen LogP contribution is -2.31. The molecule has 0 aliphatic carbocycles. The zero-order valence-electron chi connectivity index (χ0n) is 8.83. The molecule has 0 rings (SSSR count). The van der Waals surface area contributed by atoms with Crippen LogP contribution in [0.25, 0.3) is 0 Å². The van der Waals surface area contributed by atoms with E-state index >= 15 is 0 Å². The molecular formula is C10H22NO2. The number of hydrogen-bond donors (Lipinski definition) is 1. The summed E-state index contributed by atoms with van der Waals surface area (Å²) >= 11 is 0. The molecule has 0 atom stereocenters. The summed E-state index contributed by atoms with van der Waals surface area (Å²) in [6, 6.07) is 0. The van der Waals surface area contributed by atoms with Crippen molar-refractivity contribution < 1.29 is 10.2 Å². The predicted octanol–water partition coefficient (Wildman–Crippen LogP) is 1.15. The lowest BCUT2D eigenvalue weighted by molar-refractivity contribution is 0.159. The fraction of sp³-hybridized carbons (Fsp3) is 1.00. The van der Waals surface area contributed by atoms with Gasteiger partial charge >= 0.3 is 0 Å². The quantitative estimate of drug-likeness (QED) is 0.581. The lowest BCUT2D eigenvalue weighted by Gasteiger charge is -2.22. The largest absolute Gasteiger partial charge is 0.395 e. The van der Waals surface area contributed by atoms with E-state index in [1.807, 2.05) is 0 Å². The van der Waals surface area contributed by atoms with Crippen LogP contribution < -0.4 is 0 Å². The van der Waals surface area contributed by atoms with E-state index in [0.717, 1.165) is 32.5 Å². The van der Waals surface area contributed by atoms with E-state index in [4.69, 9.17) is 5.11 Å². The van der Waals surface area contributed by atoms with Crippen molar-refractivity contribution in [2.24, 2.45) is 5.92 Å². The van der Waals surface area contributed by atoms with Crippen LogP contribution in [0.3, 0.4) is 0 Å². The fourth-order valence-electron chi connectivity index (χ4n) is 1.39. The molecule has 1 radical (unpaired) electrons. The Morgan fingerprint density at radius 2 is 1.92 bits per heavy atom. The van der Waals surface area contributed by atoms with Crippen LogP contribution in [0, 0.1) is 5.92 Å². The van der Waals surface area contributed by atoms with Crippen LogP contribution in [-0.4, -0.2) is 42.9 Å². The van der Waals surface area contributed by atoms with E-state index < -0.39 is 0 Å². The molecular weight excluding hydrogens is 166 g/mol. The second kappa shape index (κ2) is 8.48. The molecule has 3 heteroatoms. The molecule has 0 aromatic carbocycles. The van der Waals surface area contributed by atoms with Gasteiger partial charge in [0.1, 0.15) is 0 Å². The van der Waals surface area contributed by atoms with Gasteiger partial charge in [0.2, 0.25) is 0 Å². The molecule has 0 aliphatic rings. The molecule has 0 saturated carbocycles. The number of rotatable bonds is 8. The van der Waals surface area contributed by atoms with Crippen molar-refractivity contribution in [3.63, 3.8) is 0 Å². The molecule has 0 fully saturated rings. The molecule has 0 heterocycles. The predicted molar refractivity (Wildman–Crippen MR) is 53.2 cm³/mol. The van der Waals surface area contributed by atoms with Gasteiger partial charge < -0.3 is 10.0 Å². The number of hydrogen-bond acceptors (Lipinski definition) is 2. The summed E-state index contributed by atoms with van der Waals surface area (Å²) in [5.41, 5.74) is 0. The van der Waals surface area contributed by atoms with Gasteiger partial charge in [-0.1, -0.05) is 13.8 Å². The van der Waals surface area contributed by atoms with Crippen LogP contribution in [-0.2, 0) is 5.11 Å². The number of aliphatic hydroxyl groups excluding tert-OH is 1. The van der Waals surface area contributed by atoms with E-state index in [0.29, 0.717) is 5.92 Å². The minimum atomic E-state index is 0.0225. The molecule has 79 valence electrons. The van der Waals surface area contributed by atoms with Gasteiger partial charge in [-0.05, 0) is 25.3 Å². The highest BCUT2D eigenvalue weighted by atomic mass is 16.3. The van der Waals surface area contributed by atoms with E-state index in [-0.39, 0.29) is 13.2 Å². The third-order valence-electron chi connectivity index (χ3n) is 1.91. The summed E-state index contributed by atoms with van der Waals surface area (Å²) in [5, 5.41) is 19.0. The first-order valence-electron chi connectivity index (χ1n) is 5.12. The van der Waals surface area contributed by atoms with Crippen molar-refractivity contribution in [1.29, 1.82) is 0 Å². The summed E-state index contributed by atoms with van der Waals surface area (Å²) in [6.07, 6.45) is 1.70. The average Bonchev–Trinajstić information content (AvgIpc) is 2.04. The first-order chi connectivity index (χ1) is 6.20. The van der Waals surface area contributed by atoms with E-state index in [1.165, 1.54) is 0 Å². The van der Waals surface area contributed by atoms with Crippen LogP contribution in [0.15, 0.2) is 0 Å². The normalized spacial score (nSPS) is 11.5. The molecule has 0 amide bonds. The molecule has 0 unspecified atom stereocenters. The maximum Gasteiger partial charge on any atom is 0.0822 e. The van der Waals surface area contributed by atoms with Crippen molar-refractivity contribution in [2.45, 2.75) is 26.7 Å². The highest BCUT2D eigenvalue weighted by molar-refractivity contribution is 4.59. The molecule has 1 N–H and O–H groups in total. The van der Waals surface area contributed by atoms with Crippen molar-refractivity contribution in [1.82, 2.24) is 4.90 Å². The molecule has 0 saturated heterocycles. The summed E-state index contributed by atoms with van der Waals surface area (Å²) in [7, 11) is 0. The standard InChI is InChI=1S/C10H22NO2/c1-10(2)9-11(6-8-13)5-3-4-7-12/h10,13H,3-9H2,1-2H3. The second-order valence-electron chi connectivity index (χ2n) is 3.83. The maximum absolute atomic E-state index is 10.2. The topological polar surface area (TPSA) is 43.4 Å². The monoisotopic (exact) mass is 188 g/mol. The van der Waals surface area contributed by atoms with Gasteiger partial charge in [-0.15, -0.1) is 0 Å². The Morgan fingerprint density at radius 1 is 1.23 bits per heavy atom. The Labute approximate surface area is 81.4 Å². The molecule has 0 bridgehead atoms. The smallest absolute Gasteiger partial charge is 0.0822 e. The summed E-state index contributed by atoms with van der Waals surface area (Å²) < 4.78 is 0. The van der Waals surface area contributed by atoms with Crippen LogP contribution in [0.5, 0.6) is 0 Å². The SMILES string of the molecule is CC(C)CN(CCO)CCCC[O]. The first kappa shape index (κ1) is 12.9. The Bertz CT molecular complexity index is 107. The summed E-state index contributed by atoms with van der Waals surface area (Å²) in [4.78, 5) is 2.22. The van der Waals surface area contributed by atoms with Crippen LogP contribution >= 0.6 is 0 Å². The minimum Gasteiger partial charge on any atom is -0.395 e. The Balaban J connectivity index is 3.53. The Hall–Kier alpha value is -0.120. The highest BCUT2D eigenvalue weighted by Gasteiger charge is 2.05. The van der Waals surface area contributed by atoms with Gasteiger partial charge in [-0.3, -0.25) is 0 Å².